The molecule has 0 fully saturated rings. The van der Waals surface area contributed by atoms with Gasteiger partial charge in [-0.2, -0.15) is 0 Å². The molecular formula is C42H54N2. The second kappa shape index (κ2) is 14.2. The number of nitrogens with zero attached hydrogens (tertiary/aromatic N) is 2. The van der Waals surface area contributed by atoms with Gasteiger partial charge in [-0.1, -0.05) is 128 Å². The zero-order valence-electron chi connectivity index (χ0n) is 29.0. The maximum Gasteiger partial charge on any atom is 0.0467 e. The van der Waals surface area contributed by atoms with Gasteiger partial charge in [-0.3, -0.25) is 0 Å². The third kappa shape index (κ3) is 7.02. The van der Waals surface area contributed by atoms with Gasteiger partial charge in [0.25, 0.3) is 0 Å². The first-order chi connectivity index (χ1) is 20.8. The molecule has 2 heteroatoms. The number of allylic oxidation sites excluding steroid dienone is 4. The van der Waals surface area contributed by atoms with Crippen molar-refractivity contribution in [1.82, 2.24) is 0 Å². The van der Waals surface area contributed by atoms with Gasteiger partial charge in [0.15, 0.2) is 0 Å². The van der Waals surface area contributed by atoms with Gasteiger partial charge in [-0.15, -0.1) is 0 Å². The summed E-state index contributed by atoms with van der Waals surface area (Å²) in [6.45, 7) is 33.1. The van der Waals surface area contributed by atoms with E-state index in [0.717, 1.165) is 24.4 Å². The van der Waals surface area contributed by atoms with E-state index in [-0.39, 0.29) is 10.8 Å². The first-order valence-electron chi connectivity index (χ1n) is 16.0. The molecule has 1 heterocycles. The lowest BCUT2D eigenvalue weighted by Gasteiger charge is -2.32. The third-order valence-electron chi connectivity index (χ3n) is 9.12. The Morgan fingerprint density at radius 1 is 0.795 bits per heavy atom. The Hall–Kier alpha value is -4.04. The number of rotatable bonds is 9. The lowest BCUT2D eigenvalue weighted by molar-refractivity contribution is 0.625. The van der Waals surface area contributed by atoms with E-state index in [1.54, 1.807) is 6.08 Å². The highest BCUT2D eigenvalue weighted by Crippen LogP contribution is 2.39. The van der Waals surface area contributed by atoms with Gasteiger partial charge < -0.3 is 9.80 Å². The van der Waals surface area contributed by atoms with Crippen molar-refractivity contribution < 1.29 is 0 Å². The molecule has 0 atom stereocenters. The van der Waals surface area contributed by atoms with Gasteiger partial charge >= 0.3 is 0 Å². The van der Waals surface area contributed by atoms with Crippen LogP contribution in [0.5, 0.6) is 0 Å². The Kier molecular flexibility index (Phi) is 11.1. The number of benzene rings is 3. The fourth-order valence-electron chi connectivity index (χ4n) is 6.20. The van der Waals surface area contributed by atoms with E-state index in [9.17, 15) is 0 Å². The van der Waals surface area contributed by atoms with Gasteiger partial charge in [0.2, 0.25) is 0 Å². The van der Waals surface area contributed by atoms with Crippen LogP contribution >= 0.6 is 0 Å². The number of likely N-dealkylation sites (N-methyl/N-ethyl adjacent to an activating group) is 1. The summed E-state index contributed by atoms with van der Waals surface area (Å²) >= 11 is 0. The SMILES string of the molecule is C=C/C=C\C(=C)N(C)c1c(C)cc(C(C)(C)c2ccc(C(C)(C)c3ccc(N4CCC=CC4=C)c(C)c3)cc2)cc1C.CC. The first kappa shape index (κ1) is 34.5. The zero-order valence-corrected chi connectivity index (χ0v) is 29.0. The van der Waals surface area contributed by atoms with Crippen molar-refractivity contribution in [2.24, 2.45) is 0 Å². The predicted octanol–water partition coefficient (Wildman–Crippen LogP) is 11.3. The van der Waals surface area contributed by atoms with Gasteiger partial charge in [-0.05, 0) is 84.4 Å². The Bertz CT molecular complexity index is 1540. The van der Waals surface area contributed by atoms with Gasteiger partial charge in [-0.25, -0.2) is 0 Å². The summed E-state index contributed by atoms with van der Waals surface area (Å²) in [4.78, 5) is 4.49. The van der Waals surface area contributed by atoms with E-state index in [0.29, 0.717) is 0 Å². The summed E-state index contributed by atoms with van der Waals surface area (Å²) in [6, 6.07) is 20.8. The summed E-state index contributed by atoms with van der Waals surface area (Å²) in [5.41, 5.74) is 13.2. The highest BCUT2D eigenvalue weighted by molar-refractivity contribution is 5.65. The summed E-state index contributed by atoms with van der Waals surface area (Å²) < 4.78 is 0. The number of hydrogen-bond donors (Lipinski definition) is 0. The molecule has 0 aliphatic carbocycles. The molecule has 3 aromatic rings. The van der Waals surface area contributed by atoms with Crippen molar-refractivity contribution in [3.8, 4) is 0 Å². The van der Waals surface area contributed by atoms with Crippen LogP contribution in [0.15, 0.2) is 116 Å². The van der Waals surface area contributed by atoms with Crippen LogP contribution in [-0.4, -0.2) is 13.6 Å². The normalized spacial score (nSPS) is 13.5. The Balaban J connectivity index is 0.00000259. The molecule has 2 nitrogen and oxygen atoms in total. The lowest BCUT2D eigenvalue weighted by Crippen LogP contribution is -2.26. The van der Waals surface area contributed by atoms with Crippen LogP contribution in [-0.2, 0) is 10.8 Å². The van der Waals surface area contributed by atoms with Crippen LogP contribution in [0.25, 0.3) is 0 Å². The van der Waals surface area contributed by atoms with Crippen LogP contribution in [0.2, 0.25) is 0 Å². The van der Waals surface area contributed by atoms with E-state index >= 15 is 0 Å². The number of anilines is 2. The summed E-state index contributed by atoms with van der Waals surface area (Å²) in [7, 11) is 2.08. The molecule has 44 heavy (non-hydrogen) atoms. The van der Waals surface area contributed by atoms with Gasteiger partial charge in [0.1, 0.15) is 0 Å². The molecule has 0 bridgehead atoms. The Morgan fingerprint density at radius 2 is 1.30 bits per heavy atom. The minimum Gasteiger partial charge on any atom is -0.345 e. The minimum absolute atomic E-state index is 0.118. The maximum atomic E-state index is 4.25. The smallest absolute Gasteiger partial charge is 0.0467 e. The highest BCUT2D eigenvalue weighted by Gasteiger charge is 2.28. The Labute approximate surface area is 268 Å². The fraction of sp³-hybridized carbons (Fsp3) is 0.333. The molecule has 0 amide bonds. The fourth-order valence-corrected chi connectivity index (χ4v) is 6.20. The molecule has 0 aromatic heterocycles. The van der Waals surface area contributed by atoms with E-state index in [1.165, 1.54) is 50.3 Å². The van der Waals surface area contributed by atoms with E-state index in [1.807, 2.05) is 26.0 Å². The van der Waals surface area contributed by atoms with Crippen molar-refractivity contribution in [2.75, 3.05) is 23.4 Å². The summed E-state index contributed by atoms with van der Waals surface area (Å²) in [5.74, 6) is 0. The summed E-state index contributed by atoms with van der Waals surface area (Å²) in [6.07, 6.45) is 11.1. The van der Waals surface area contributed by atoms with Crippen molar-refractivity contribution in [1.29, 1.82) is 0 Å². The van der Waals surface area contributed by atoms with Crippen LogP contribution in [0.3, 0.4) is 0 Å². The van der Waals surface area contributed by atoms with E-state index in [2.05, 4.69) is 152 Å². The van der Waals surface area contributed by atoms with Gasteiger partial charge in [0, 0.05) is 47.2 Å². The van der Waals surface area contributed by atoms with Crippen LogP contribution < -0.4 is 9.80 Å². The van der Waals surface area contributed by atoms with E-state index < -0.39 is 0 Å². The average Bonchev–Trinajstić information content (AvgIpc) is 3.00. The minimum atomic E-state index is -0.140. The van der Waals surface area contributed by atoms with Crippen LogP contribution in [0.4, 0.5) is 11.4 Å². The average molecular weight is 587 g/mol. The molecule has 0 saturated heterocycles. The molecule has 4 rings (SSSR count). The van der Waals surface area contributed by atoms with Gasteiger partial charge in [0.05, 0.1) is 0 Å². The molecule has 0 spiro atoms. The second-order valence-corrected chi connectivity index (χ2v) is 12.8. The monoisotopic (exact) mass is 586 g/mol. The molecule has 3 aromatic carbocycles. The van der Waals surface area contributed by atoms with Crippen molar-refractivity contribution >= 4 is 11.4 Å². The van der Waals surface area contributed by atoms with Crippen molar-refractivity contribution in [2.45, 2.75) is 79.6 Å². The summed E-state index contributed by atoms with van der Waals surface area (Å²) in [5, 5.41) is 0. The van der Waals surface area contributed by atoms with Crippen molar-refractivity contribution in [3.05, 3.63) is 155 Å². The van der Waals surface area contributed by atoms with Crippen molar-refractivity contribution in [3.63, 3.8) is 0 Å². The second-order valence-electron chi connectivity index (χ2n) is 12.8. The molecule has 0 saturated carbocycles. The molecule has 0 radical (unpaired) electrons. The Morgan fingerprint density at radius 3 is 1.80 bits per heavy atom. The number of hydrogen-bond acceptors (Lipinski definition) is 2. The highest BCUT2D eigenvalue weighted by atomic mass is 15.1. The standard InChI is InChI=1S/C40H48N2.C2H6/c1-12-13-16-31(5)41(11)38-29(3)26-36(27-30(38)4)40(9,10)34-20-18-33(19-21-34)39(7,8)35-22-23-37(28(2)25-35)42-24-15-14-17-32(42)6;1-2/h12-14,16-23,25-27H,1,5-6,15,24H2,2-4,7-11H3;1-2H3/b16-13-;. The molecule has 1 aliphatic heterocycles. The number of aryl methyl sites for hydroxylation is 3. The molecular weight excluding hydrogens is 532 g/mol. The predicted molar refractivity (Wildman–Crippen MR) is 196 cm³/mol. The molecule has 0 unspecified atom stereocenters. The molecule has 0 N–H and O–H groups in total. The van der Waals surface area contributed by atoms with Crippen LogP contribution in [0.1, 0.15) is 86.9 Å². The topological polar surface area (TPSA) is 6.48 Å². The first-order valence-corrected chi connectivity index (χ1v) is 16.0. The maximum absolute atomic E-state index is 4.25. The molecule has 1 aliphatic rings. The molecule has 232 valence electrons. The zero-order chi connectivity index (χ0) is 32.8. The largest absolute Gasteiger partial charge is 0.345 e. The van der Waals surface area contributed by atoms with Crippen LogP contribution in [0, 0.1) is 20.8 Å². The third-order valence-corrected chi connectivity index (χ3v) is 9.12. The quantitative estimate of drug-likeness (QED) is 0.230. The van der Waals surface area contributed by atoms with E-state index in [4.69, 9.17) is 0 Å². The lowest BCUT2D eigenvalue weighted by atomic mass is 9.74.